The first kappa shape index (κ1) is 25.8. The second-order valence-electron chi connectivity index (χ2n) is 7.70. The van der Waals surface area contributed by atoms with Crippen LogP contribution in [0.2, 0.25) is 10.0 Å². The number of hydrogen-bond donors (Lipinski definition) is 2. The summed E-state index contributed by atoms with van der Waals surface area (Å²) in [5.41, 5.74) is 2.29. The molecule has 10 heteroatoms. The minimum Gasteiger partial charge on any atom is -0.325 e. The Labute approximate surface area is 212 Å². The van der Waals surface area contributed by atoms with Gasteiger partial charge < -0.3 is 15.2 Å². The van der Waals surface area contributed by atoms with E-state index in [1.807, 2.05) is 24.3 Å². The molecule has 0 fully saturated rings. The van der Waals surface area contributed by atoms with E-state index in [1.165, 1.54) is 11.8 Å². The van der Waals surface area contributed by atoms with Gasteiger partial charge in [-0.3, -0.25) is 9.59 Å². The number of benzene rings is 2. The number of amides is 2. The fourth-order valence-electron chi connectivity index (χ4n) is 3.24. The third-order valence-corrected chi connectivity index (χ3v) is 6.62. The van der Waals surface area contributed by atoms with Crippen molar-refractivity contribution in [2.45, 2.75) is 37.9 Å². The monoisotopic (exact) mass is 517 g/mol. The topological polar surface area (TPSA) is 88.9 Å². The smallest absolute Gasteiger partial charge is 0.234 e. The molecule has 0 spiro atoms. The van der Waals surface area contributed by atoms with Crippen LogP contribution in [-0.2, 0) is 22.6 Å². The molecule has 3 aromatic rings. The second kappa shape index (κ2) is 12.1. The molecule has 0 saturated heterocycles. The number of carbonyl (C=O) groups is 2. The Bertz CT molecular complexity index is 1200. The first-order valence-corrected chi connectivity index (χ1v) is 12.3. The summed E-state index contributed by atoms with van der Waals surface area (Å²) in [6.45, 7) is 8.32. The van der Waals surface area contributed by atoms with E-state index in [4.69, 9.17) is 23.2 Å². The lowest BCUT2D eigenvalue weighted by Gasteiger charge is -2.13. The Hall–Kier alpha value is -2.81. The second-order valence-corrected chi connectivity index (χ2v) is 9.43. The van der Waals surface area contributed by atoms with Crippen molar-refractivity contribution in [3.05, 3.63) is 76.6 Å². The molecule has 0 saturated carbocycles. The molecule has 0 unspecified atom stereocenters. The van der Waals surface area contributed by atoms with Crippen molar-refractivity contribution in [3.63, 3.8) is 0 Å². The average molecular weight is 518 g/mol. The largest absolute Gasteiger partial charge is 0.325 e. The number of hydrogen-bond acceptors (Lipinski definition) is 5. The van der Waals surface area contributed by atoms with Gasteiger partial charge in [-0.05, 0) is 29.7 Å². The van der Waals surface area contributed by atoms with E-state index >= 15 is 0 Å². The molecule has 34 heavy (non-hydrogen) atoms. The van der Waals surface area contributed by atoms with Crippen molar-refractivity contribution >= 4 is 58.2 Å². The Kier molecular flexibility index (Phi) is 9.15. The van der Waals surface area contributed by atoms with Crippen molar-refractivity contribution in [3.8, 4) is 0 Å². The van der Waals surface area contributed by atoms with Crippen molar-refractivity contribution in [1.82, 2.24) is 14.8 Å². The molecule has 0 bridgehead atoms. The first-order valence-electron chi connectivity index (χ1n) is 10.6. The van der Waals surface area contributed by atoms with Gasteiger partial charge in [-0.1, -0.05) is 79.2 Å². The molecule has 2 aromatic carbocycles. The van der Waals surface area contributed by atoms with Crippen molar-refractivity contribution in [2.75, 3.05) is 16.4 Å². The van der Waals surface area contributed by atoms with Crippen LogP contribution in [-0.4, -0.2) is 32.3 Å². The summed E-state index contributed by atoms with van der Waals surface area (Å²) in [6.07, 6.45) is 1.65. The molecule has 0 atom stereocenters. The third-order valence-electron chi connectivity index (χ3n) is 4.84. The Balaban J connectivity index is 1.65. The van der Waals surface area contributed by atoms with Crippen LogP contribution in [0.3, 0.4) is 0 Å². The van der Waals surface area contributed by atoms with E-state index in [-0.39, 0.29) is 34.9 Å². The van der Waals surface area contributed by atoms with Crippen LogP contribution < -0.4 is 10.6 Å². The molecule has 1 heterocycles. The van der Waals surface area contributed by atoms with Crippen LogP contribution in [0.15, 0.2) is 60.3 Å². The number of nitrogens with zero attached hydrogens (tertiary/aromatic N) is 3. The number of anilines is 2. The minimum absolute atomic E-state index is 0.0296. The number of nitrogens with one attached hydrogen (secondary N) is 2. The fraction of sp³-hybridized carbons (Fsp3) is 0.250. The SMILES string of the molecule is C=CCn1c(CC(=O)Nc2cccc(Cl)c2Cl)nnc1SCC(=O)Nc1ccccc1C(C)C. The van der Waals surface area contributed by atoms with Crippen molar-refractivity contribution < 1.29 is 9.59 Å². The normalized spacial score (nSPS) is 10.9. The summed E-state index contributed by atoms with van der Waals surface area (Å²) in [4.78, 5) is 25.2. The molecular formula is C24H25Cl2N5O2S. The van der Waals surface area contributed by atoms with Gasteiger partial charge in [0.2, 0.25) is 11.8 Å². The van der Waals surface area contributed by atoms with E-state index in [9.17, 15) is 9.59 Å². The molecule has 0 aliphatic carbocycles. The summed E-state index contributed by atoms with van der Waals surface area (Å²) in [5.74, 6) is 0.410. The average Bonchev–Trinajstić information content (AvgIpc) is 3.17. The molecule has 1 aromatic heterocycles. The number of aromatic nitrogens is 3. The highest BCUT2D eigenvalue weighted by atomic mass is 35.5. The van der Waals surface area contributed by atoms with E-state index in [1.54, 1.807) is 28.8 Å². The van der Waals surface area contributed by atoms with E-state index in [0.717, 1.165) is 11.3 Å². The van der Waals surface area contributed by atoms with Gasteiger partial charge in [0, 0.05) is 12.2 Å². The van der Waals surface area contributed by atoms with Crippen LogP contribution >= 0.6 is 35.0 Å². The summed E-state index contributed by atoms with van der Waals surface area (Å²) >= 11 is 13.4. The quantitative estimate of drug-likeness (QED) is 0.261. The molecule has 178 valence electrons. The summed E-state index contributed by atoms with van der Waals surface area (Å²) in [7, 11) is 0. The molecule has 2 amide bonds. The van der Waals surface area contributed by atoms with E-state index < -0.39 is 0 Å². The van der Waals surface area contributed by atoms with Gasteiger partial charge in [-0.2, -0.15) is 0 Å². The maximum absolute atomic E-state index is 12.6. The van der Waals surface area contributed by atoms with Crippen LogP contribution in [0.1, 0.15) is 31.2 Å². The summed E-state index contributed by atoms with van der Waals surface area (Å²) in [5, 5.41) is 15.2. The van der Waals surface area contributed by atoms with Crippen molar-refractivity contribution in [1.29, 1.82) is 0 Å². The molecule has 7 nitrogen and oxygen atoms in total. The molecule has 0 aliphatic heterocycles. The van der Waals surface area contributed by atoms with Crippen LogP contribution in [0.25, 0.3) is 0 Å². The number of carbonyl (C=O) groups excluding carboxylic acids is 2. The summed E-state index contributed by atoms with van der Waals surface area (Å²) < 4.78 is 1.76. The summed E-state index contributed by atoms with van der Waals surface area (Å²) in [6, 6.07) is 12.7. The third kappa shape index (κ3) is 6.62. The number of para-hydroxylation sites is 1. The van der Waals surface area contributed by atoms with Crippen LogP contribution in [0.4, 0.5) is 11.4 Å². The Morgan fingerprint density at radius 3 is 2.50 bits per heavy atom. The zero-order valence-electron chi connectivity index (χ0n) is 18.8. The van der Waals surface area contributed by atoms with E-state index in [0.29, 0.717) is 28.2 Å². The van der Waals surface area contributed by atoms with Gasteiger partial charge in [0.15, 0.2) is 5.16 Å². The van der Waals surface area contributed by atoms with E-state index in [2.05, 4.69) is 41.3 Å². The minimum atomic E-state index is -0.318. The Morgan fingerprint density at radius 1 is 1.06 bits per heavy atom. The van der Waals surface area contributed by atoms with Gasteiger partial charge in [0.25, 0.3) is 0 Å². The lowest BCUT2D eigenvalue weighted by atomic mass is 10.0. The van der Waals surface area contributed by atoms with Gasteiger partial charge >= 0.3 is 0 Å². The maximum Gasteiger partial charge on any atom is 0.234 e. The van der Waals surface area contributed by atoms with Gasteiger partial charge in [0.05, 0.1) is 27.9 Å². The standard InChI is InChI=1S/C24H25Cl2N5O2S/c1-4-12-31-20(13-21(32)28-19-11-7-9-17(25)23(19)26)29-30-24(31)34-14-22(33)27-18-10-6-5-8-16(18)15(2)3/h4-11,15H,1,12-14H2,2-3H3,(H,27,33)(H,28,32). The highest BCUT2D eigenvalue weighted by Crippen LogP contribution is 2.29. The zero-order chi connectivity index (χ0) is 24.7. The van der Waals surface area contributed by atoms with Gasteiger partial charge in [-0.25, -0.2) is 0 Å². The van der Waals surface area contributed by atoms with Gasteiger partial charge in [-0.15, -0.1) is 16.8 Å². The van der Waals surface area contributed by atoms with Gasteiger partial charge in [0.1, 0.15) is 5.82 Å². The molecule has 0 aliphatic rings. The highest BCUT2D eigenvalue weighted by molar-refractivity contribution is 7.99. The lowest BCUT2D eigenvalue weighted by molar-refractivity contribution is -0.116. The highest BCUT2D eigenvalue weighted by Gasteiger charge is 2.18. The van der Waals surface area contributed by atoms with Crippen molar-refractivity contribution in [2.24, 2.45) is 0 Å². The predicted molar refractivity (Wildman–Crippen MR) is 139 cm³/mol. The van der Waals surface area contributed by atoms with Crippen LogP contribution in [0.5, 0.6) is 0 Å². The lowest BCUT2D eigenvalue weighted by Crippen LogP contribution is -2.18. The zero-order valence-corrected chi connectivity index (χ0v) is 21.2. The first-order chi connectivity index (χ1) is 16.3. The molecule has 3 rings (SSSR count). The Morgan fingerprint density at radius 2 is 1.76 bits per heavy atom. The number of rotatable bonds is 10. The maximum atomic E-state index is 12.6. The number of allylic oxidation sites excluding steroid dienone is 1. The number of halogens is 2. The molecular weight excluding hydrogens is 493 g/mol. The van der Waals surface area contributed by atoms with Crippen LogP contribution in [0, 0.1) is 0 Å². The predicted octanol–water partition coefficient (Wildman–Crippen LogP) is 5.81. The molecule has 0 radical (unpaired) electrons. The number of thioether (sulfide) groups is 1. The molecule has 2 N–H and O–H groups in total. The fourth-order valence-corrected chi connectivity index (χ4v) is 4.35.